The summed E-state index contributed by atoms with van der Waals surface area (Å²) >= 11 is 0. The largest absolute Gasteiger partial charge is 0.380 e. The summed E-state index contributed by atoms with van der Waals surface area (Å²) in [4.78, 5) is 5.19. The smallest absolute Gasteiger partial charge is 0.0622 e. The molecule has 0 aromatic carbocycles. The van der Waals surface area contributed by atoms with Crippen molar-refractivity contribution in [1.29, 1.82) is 0 Å². The summed E-state index contributed by atoms with van der Waals surface area (Å²) in [6.45, 7) is 13.7. The van der Waals surface area contributed by atoms with Gasteiger partial charge in [0.05, 0.1) is 6.61 Å². The zero-order valence-electron chi connectivity index (χ0n) is 10.3. The Morgan fingerprint density at radius 2 is 1.73 bits per heavy atom. The third-order valence-corrected chi connectivity index (χ3v) is 3.68. The summed E-state index contributed by atoms with van der Waals surface area (Å²) in [6.07, 6.45) is 1.23. The maximum atomic E-state index is 5.45. The van der Waals surface area contributed by atoms with Crippen molar-refractivity contribution in [2.75, 3.05) is 39.4 Å². The van der Waals surface area contributed by atoms with Gasteiger partial charge in [-0.05, 0) is 27.2 Å². The Balaban J connectivity index is 1.81. The Kier molecular flexibility index (Phi) is 3.33. The molecule has 0 bridgehead atoms. The Morgan fingerprint density at radius 1 is 1.07 bits per heavy atom. The number of hydrogen-bond donors (Lipinski definition) is 0. The zero-order chi connectivity index (χ0) is 10.9. The van der Waals surface area contributed by atoms with Gasteiger partial charge >= 0.3 is 0 Å². The van der Waals surface area contributed by atoms with Crippen molar-refractivity contribution < 1.29 is 4.74 Å². The minimum atomic E-state index is 0.332. The van der Waals surface area contributed by atoms with Crippen LogP contribution in [0.4, 0.5) is 0 Å². The molecule has 2 heterocycles. The van der Waals surface area contributed by atoms with Crippen LogP contribution in [0.25, 0.3) is 0 Å². The van der Waals surface area contributed by atoms with Gasteiger partial charge in [0.2, 0.25) is 0 Å². The van der Waals surface area contributed by atoms with Crippen molar-refractivity contribution >= 4 is 0 Å². The van der Waals surface area contributed by atoms with Gasteiger partial charge in [0.1, 0.15) is 0 Å². The monoisotopic (exact) mass is 212 g/mol. The lowest BCUT2D eigenvalue weighted by atomic mass is 10.0. The van der Waals surface area contributed by atoms with Crippen molar-refractivity contribution in [3.63, 3.8) is 0 Å². The van der Waals surface area contributed by atoms with E-state index in [0.717, 1.165) is 13.2 Å². The Bertz CT molecular complexity index is 198. The fourth-order valence-electron chi connectivity index (χ4n) is 2.57. The van der Waals surface area contributed by atoms with Crippen LogP contribution in [-0.2, 0) is 4.74 Å². The van der Waals surface area contributed by atoms with E-state index in [1.54, 1.807) is 0 Å². The van der Waals surface area contributed by atoms with Gasteiger partial charge in [0.25, 0.3) is 0 Å². The van der Waals surface area contributed by atoms with Gasteiger partial charge in [-0.15, -0.1) is 0 Å². The highest BCUT2D eigenvalue weighted by molar-refractivity contribution is 4.85. The molecular weight excluding hydrogens is 188 g/mol. The van der Waals surface area contributed by atoms with E-state index in [-0.39, 0.29) is 0 Å². The highest BCUT2D eigenvalue weighted by Gasteiger charge is 2.30. The van der Waals surface area contributed by atoms with E-state index in [1.807, 2.05) is 0 Å². The van der Waals surface area contributed by atoms with Crippen molar-refractivity contribution in [3.8, 4) is 0 Å². The predicted molar refractivity (Wildman–Crippen MR) is 62.1 cm³/mol. The lowest BCUT2D eigenvalue weighted by molar-refractivity contribution is 0.0386. The normalized spacial score (nSPS) is 31.0. The van der Waals surface area contributed by atoms with E-state index in [9.17, 15) is 0 Å². The first kappa shape index (κ1) is 11.4. The SMILES string of the molecule is CC(C)(C)N1CCN(C2CCOC2)CC1. The molecule has 0 aliphatic carbocycles. The molecule has 2 fully saturated rings. The fourth-order valence-corrected chi connectivity index (χ4v) is 2.57. The highest BCUT2D eigenvalue weighted by Crippen LogP contribution is 2.19. The van der Waals surface area contributed by atoms with E-state index in [4.69, 9.17) is 4.74 Å². The molecule has 0 radical (unpaired) electrons. The van der Waals surface area contributed by atoms with E-state index in [1.165, 1.54) is 32.6 Å². The maximum absolute atomic E-state index is 5.45. The second-order valence-corrected chi connectivity index (χ2v) is 5.71. The van der Waals surface area contributed by atoms with Gasteiger partial charge in [-0.2, -0.15) is 0 Å². The highest BCUT2D eigenvalue weighted by atomic mass is 16.5. The molecule has 88 valence electrons. The summed E-state index contributed by atoms with van der Waals surface area (Å²) < 4.78 is 5.45. The Hall–Kier alpha value is -0.120. The Labute approximate surface area is 93.4 Å². The summed E-state index contributed by atoms with van der Waals surface area (Å²) in [5, 5.41) is 0. The third-order valence-electron chi connectivity index (χ3n) is 3.68. The van der Waals surface area contributed by atoms with E-state index in [0.29, 0.717) is 11.6 Å². The lowest BCUT2D eigenvalue weighted by Crippen LogP contribution is -2.55. The predicted octanol–water partition coefficient (Wildman–Crippen LogP) is 1.19. The molecule has 2 rings (SSSR count). The van der Waals surface area contributed by atoms with Crippen molar-refractivity contribution in [1.82, 2.24) is 9.80 Å². The van der Waals surface area contributed by atoms with Crippen molar-refractivity contribution in [3.05, 3.63) is 0 Å². The quantitative estimate of drug-likeness (QED) is 0.649. The van der Waals surface area contributed by atoms with Crippen molar-refractivity contribution in [2.24, 2.45) is 0 Å². The first-order valence-electron chi connectivity index (χ1n) is 6.14. The molecule has 1 atom stereocenters. The van der Waals surface area contributed by atoms with Gasteiger partial charge in [-0.3, -0.25) is 9.80 Å². The van der Waals surface area contributed by atoms with Crippen LogP contribution in [0.2, 0.25) is 0 Å². The standard InChI is InChI=1S/C12H24N2O/c1-12(2,3)14-7-5-13(6-8-14)11-4-9-15-10-11/h11H,4-10H2,1-3H3. The number of piperazine rings is 1. The first-order chi connectivity index (χ1) is 7.07. The molecule has 2 aliphatic rings. The van der Waals surface area contributed by atoms with Crippen LogP contribution >= 0.6 is 0 Å². The second kappa shape index (κ2) is 4.40. The van der Waals surface area contributed by atoms with Gasteiger partial charge in [-0.1, -0.05) is 0 Å². The second-order valence-electron chi connectivity index (χ2n) is 5.71. The Morgan fingerprint density at radius 3 is 2.20 bits per heavy atom. The average molecular weight is 212 g/mol. The molecule has 0 aromatic heterocycles. The average Bonchev–Trinajstić information content (AvgIpc) is 2.69. The number of nitrogens with zero attached hydrogens (tertiary/aromatic N) is 2. The first-order valence-corrected chi connectivity index (χ1v) is 6.14. The van der Waals surface area contributed by atoms with Gasteiger partial charge in [0, 0.05) is 44.4 Å². The molecule has 0 aromatic rings. The van der Waals surface area contributed by atoms with Crippen molar-refractivity contribution in [2.45, 2.75) is 38.8 Å². The molecular formula is C12H24N2O. The third kappa shape index (κ3) is 2.71. The number of hydrogen-bond acceptors (Lipinski definition) is 3. The van der Waals surface area contributed by atoms with Gasteiger partial charge in [0.15, 0.2) is 0 Å². The fraction of sp³-hybridized carbons (Fsp3) is 1.00. The molecule has 1 unspecified atom stereocenters. The van der Waals surface area contributed by atoms with E-state index >= 15 is 0 Å². The summed E-state index contributed by atoms with van der Waals surface area (Å²) in [6, 6.07) is 0.701. The van der Waals surface area contributed by atoms with Crippen LogP contribution in [0, 0.1) is 0 Å². The molecule has 0 N–H and O–H groups in total. The van der Waals surface area contributed by atoms with Crippen LogP contribution in [0.5, 0.6) is 0 Å². The van der Waals surface area contributed by atoms with Crippen LogP contribution in [0.3, 0.4) is 0 Å². The van der Waals surface area contributed by atoms with E-state index < -0.39 is 0 Å². The van der Waals surface area contributed by atoms with Crippen LogP contribution in [0.15, 0.2) is 0 Å². The zero-order valence-corrected chi connectivity index (χ0v) is 10.3. The molecule has 3 nitrogen and oxygen atoms in total. The van der Waals surface area contributed by atoms with Crippen LogP contribution < -0.4 is 0 Å². The summed E-state index contributed by atoms with van der Waals surface area (Å²) in [5.74, 6) is 0. The van der Waals surface area contributed by atoms with E-state index in [2.05, 4.69) is 30.6 Å². The minimum Gasteiger partial charge on any atom is -0.380 e. The van der Waals surface area contributed by atoms with Crippen LogP contribution in [0.1, 0.15) is 27.2 Å². The van der Waals surface area contributed by atoms with Gasteiger partial charge < -0.3 is 4.74 Å². The molecule has 0 spiro atoms. The molecule has 3 heteroatoms. The molecule has 0 saturated carbocycles. The van der Waals surface area contributed by atoms with Crippen LogP contribution in [-0.4, -0.2) is 60.8 Å². The summed E-state index contributed by atoms with van der Waals surface area (Å²) in [7, 11) is 0. The molecule has 0 amide bonds. The minimum absolute atomic E-state index is 0.332. The molecule has 2 aliphatic heterocycles. The van der Waals surface area contributed by atoms with Gasteiger partial charge in [-0.25, -0.2) is 0 Å². The summed E-state index contributed by atoms with van der Waals surface area (Å²) in [5.41, 5.74) is 0.332. The number of rotatable bonds is 1. The molecule has 2 saturated heterocycles. The number of ether oxygens (including phenoxy) is 1. The maximum Gasteiger partial charge on any atom is 0.0622 e. The topological polar surface area (TPSA) is 15.7 Å². The molecule has 15 heavy (non-hydrogen) atoms. The lowest BCUT2D eigenvalue weighted by Gasteiger charge is -2.43.